The average Bonchev–Trinajstić information content (AvgIpc) is 2.82. The quantitative estimate of drug-likeness (QED) is 0.921. The lowest BCUT2D eigenvalue weighted by molar-refractivity contribution is 0.452. The Morgan fingerprint density at radius 1 is 1.39 bits per heavy atom. The molecule has 18 heavy (non-hydrogen) atoms. The van der Waals surface area contributed by atoms with Crippen molar-refractivity contribution >= 4 is 23.5 Å². The van der Waals surface area contributed by atoms with Gasteiger partial charge in [0.1, 0.15) is 0 Å². The molecule has 1 aromatic rings. The first-order valence-electron chi connectivity index (χ1n) is 6.59. The number of thioether (sulfide) groups is 2. The van der Waals surface area contributed by atoms with Gasteiger partial charge in [-0.25, -0.2) is 0 Å². The molecular formula is C13H23N3S2. The van der Waals surface area contributed by atoms with E-state index in [1.807, 2.05) is 6.20 Å². The Labute approximate surface area is 118 Å². The fourth-order valence-corrected chi connectivity index (χ4v) is 5.47. The minimum atomic E-state index is 0.391. The maximum Gasteiger partial charge on any atom is 0.0620 e. The van der Waals surface area contributed by atoms with Crippen LogP contribution >= 0.6 is 23.5 Å². The van der Waals surface area contributed by atoms with Crippen LogP contribution in [0, 0.1) is 0 Å². The van der Waals surface area contributed by atoms with Crippen molar-refractivity contribution in [1.82, 2.24) is 15.1 Å². The van der Waals surface area contributed by atoms with Crippen LogP contribution in [0.2, 0.25) is 0 Å². The highest BCUT2D eigenvalue weighted by Crippen LogP contribution is 2.38. The molecular weight excluding hydrogens is 262 g/mol. The SMILES string of the molecule is CNC(c1ccnn1C(C)C)C1SCCSC1C. The fraction of sp³-hybridized carbons (Fsp3) is 0.769. The summed E-state index contributed by atoms with van der Waals surface area (Å²) in [7, 11) is 2.06. The summed E-state index contributed by atoms with van der Waals surface area (Å²) in [6, 6.07) is 2.97. The molecule has 2 heterocycles. The van der Waals surface area contributed by atoms with Crippen LogP contribution < -0.4 is 5.32 Å². The van der Waals surface area contributed by atoms with E-state index >= 15 is 0 Å². The topological polar surface area (TPSA) is 29.9 Å². The molecule has 1 N–H and O–H groups in total. The number of hydrogen-bond donors (Lipinski definition) is 1. The lowest BCUT2D eigenvalue weighted by Crippen LogP contribution is -2.37. The molecule has 0 spiro atoms. The third-order valence-electron chi connectivity index (χ3n) is 3.39. The number of nitrogens with one attached hydrogen (secondary N) is 1. The predicted molar refractivity (Wildman–Crippen MR) is 82.6 cm³/mol. The van der Waals surface area contributed by atoms with Gasteiger partial charge in [-0.1, -0.05) is 6.92 Å². The fourth-order valence-electron chi connectivity index (χ4n) is 2.50. The van der Waals surface area contributed by atoms with Crippen LogP contribution in [0.25, 0.3) is 0 Å². The maximum atomic E-state index is 4.47. The molecule has 0 aliphatic carbocycles. The van der Waals surface area contributed by atoms with Crippen molar-refractivity contribution in [1.29, 1.82) is 0 Å². The van der Waals surface area contributed by atoms with Crippen molar-refractivity contribution in [3.8, 4) is 0 Å². The second-order valence-electron chi connectivity index (χ2n) is 4.97. The zero-order valence-electron chi connectivity index (χ0n) is 11.6. The van der Waals surface area contributed by atoms with Crippen molar-refractivity contribution in [2.75, 3.05) is 18.6 Å². The monoisotopic (exact) mass is 285 g/mol. The van der Waals surface area contributed by atoms with Crippen molar-refractivity contribution in [3.05, 3.63) is 18.0 Å². The predicted octanol–water partition coefficient (Wildman–Crippen LogP) is 2.96. The van der Waals surface area contributed by atoms with Crippen LogP contribution in [-0.2, 0) is 0 Å². The van der Waals surface area contributed by atoms with Crippen molar-refractivity contribution in [2.24, 2.45) is 0 Å². The molecule has 0 amide bonds. The Hall–Kier alpha value is -0.130. The number of hydrogen-bond acceptors (Lipinski definition) is 4. The van der Waals surface area contributed by atoms with Gasteiger partial charge < -0.3 is 5.32 Å². The summed E-state index contributed by atoms with van der Waals surface area (Å²) in [6.45, 7) is 6.73. The van der Waals surface area contributed by atoms with Crippen molar-refractivity contribution in [3.63, 3.8) is 0 Å². The first kappa shape index (κ1) is 14.3. The molecule has 0 aromatic carbocycles. The molecule has 102 valence electrons. The molecule has 1 aliphatic rings. The zero-order chi connectivity index (χ0) is 13.1. The van der Waals surface area contributed by atoms with Gasteiger partial charge in [-0.05, 0) is 27.0 Å². The second kappa shape index (κ2) is 6.35. The van der Waals surface area contributed by atoms with Gasteiger partial charge in [-0.3, -0.25) is 4.68 Å². The van der Waals surface area contributed by atoms with Gasteiger partial charge in [0.15, 0.2) is 0 Å². The molecule has 0 saturated carbocycles. The Kier molecular flexibility index (Phi) is 5.04. The first-order valence-corrected chi connectivity index (χ1v) is 8.68. The first-order chi connectivity index (χ1) is 8.65. The van der Waals surface area contributed by atoms with Gasteiger partial charge >= 0.3 is 0 Å². The van der Waals surface area contributed by atoms with E-state index in [2.05, 4.69) is 72.5 Å². The summed E-state index contributed by atoms with van der Waals surface area (Å²) < 4.78 is 2.15. The number of aromatic nitrogens is 2. The molecule has 3 unspecified atom stereocenters. The molecule has 2 rings (SSSR count). The van der Waals surface area contributed by atoms with Crippen molar-refractivity contribution < 1.29 is 0 Å². The molecule has 1 aliphatic heterocycles. The van der Waals surface area contributed by atoms with Gasteiger partial charge in [-0.15, -0.1) is 0 Å². The van der Waals surface area contributed by atoms with Gasteiger partial charge in [-0.2, -0.15) is 28.6 Å². The molecule has 1 fully saturated rings. The van der Waals surface area contributed by atoms with Gasteiger partial charge in [0, 0.05) is 34.2 Å². The van der Waals surface area contributed by atoms with E-state index in [9.17, 15) is 0 Å². The van der Waals surface area contributed by atoms with Crippen LogP contribution in [-0.4, -0.2) is 38.8 Å². The van der Waals surface area contributed by atoms with Crippen LogP contribution in [0.4, 0.5) is 0 Å². The number of nitrogens with zero attached hydrogens (tertiary/aromatic N) is 2. The van der Waals surface area contributed by atoms with Crippen LogP contribution in [0.5, 0.6) is 0 Å². The summed E-state index contributed by atoms with van der Waals surface area (Å²) in [6.07, 6.45) is 1.92. The largest absolute Gasteiger partial charge is 0.311 e. The summed E-state index contributed by atoms with van der Waals surface area (Å²) >= 11 is 4.19. The molecule has 3 atom stereocenters. The highest BCUT2D eigenvalue weighted by atomic mass is 32.2. The molecule has 3 nitrogen and oxygen atoms in total. The molecule has 5 heteroatoms. The normalized spacial score (nSPS) is 26.5. The minimum Gasteiger partial charge on any atom is -0.311 e. The Bertz CT molecular complexity index is 378. The summed E-state index contributed by atoms with van der Waals surface area (Å²) in [5.41, 5.74) is 1.32. The maximum absolute atomic E-state index is 4.47. The second-order valence-corrected chi connectivity index (χ2v) is 7.74. The van der Waals surface area contributed by atoms with Crippen molar-refractivity contribution in [2.45, 2.75) is 43.4 Å². The van der Waals surface area contributed by atoms with E-state index in [-0.39, 0.29) is 0 Å². The highest BCUT2D eigenvalue weighted by molar-refractivity contribution is 8.07. The smallest absolute Gasteiger partial charge is 0.0620 e. The Morgan fingerprint density at radius 2 is 2.11 bits per heavy atom. The average molecular weight is 285 g/mol. The third kappa shape index (κ3) is 2.89. The summed E-state index contributed by atoms with van der Waals surface area (Å²) in [5, 5.41) is 9.29. The van der Waals surface area contributed by atoms with Crippen LogP contribution in [0.15, 0.2) is 12.3 Å². The lowest BCUT2D eigenvalue weighted by Gasteiger charge is -2.34. The zero-order valence-corrected chi connectivity index (χ0v) is 13.2. The van der Waals surface area contributed by atoms with Gasteiger partial charge in [0.2, 0.25) is 0 Å². The third-order valence-corrected chi connectivity index (χ3v) is 6.58. The standard InChI is InChI=1S/C13H23N3S2/c1-9(2)16-11(5-6-15-16)12(14-4)13-10(3)17-7-8-18-13/h5-6,9-10,12-14H,7-8H2,1-4H3. The summed E-state index contributed by atoms with van der Waals surface area (Å²) in [5.74, 6) is 2.54. The minimum absolute atomic E-state index is 0.391. The lowest BCUT2D eigenvalue weighted by atomic mass is 10.1. The molecule has 1 saturated heterocycles. The highest BCUT2D eigenvalue weighted by Gasteiger charge is 2.32. The number of rotatable bonds is 4. The van der Waals surface area contributed by atoms with E-state index in [4.69, 9.17) is 0 Å². The van der Waals surface area contributed by atoms with Crippen LogP contribution in [0.3, 0.4) is 0 Å². The van der Waals surface area contributed by atoms with E-state index in [1.54, 1.807) is 0 Å². The van der Waals surface area contributed by atoms with E-state index in [0.29, 0.717) is 22.6 Å². The van der Waals surface area contributed by atoms with Gasteiger partial charge in [0.25, 0.3) is 0 Å². The summed E-state index contributed by atoms with van der Waals surface area (Å²) in [4.78, 5) is 0. The Morgan fingerprint density at radius 3 is 2.72 bits per heavy atom. The van der Waals surface area contributed by atoms with Crippen LogP contribution in [0.1, 0.15) is 38.5 Å². The van der Waals surface area contributed by atoms with E-state index < -0.39 is 0 Å². The molecule has 0 bridgehead atoms. The van der Waals surface area contributed by atoms with Gasteiger partial charge in [0.05, 0.1) is 11.7 Å². The molecule has 0 radical (unpaired) electrons. The van der Waals surface area contributed by atoms with E-state index in [0.717, 1.165) is 0 Å². The Balaban J connectivity index is 2.24. The van der Waals surface area contributed by atoms with E-state index in [1.165, 1.54) is 17.2 Å². The molecule has 1 aromatic heterocycles.